The molecule has 5 heteroatoms. The summed E-state index contributed by atoms with van der Waals surface area (Å²) in [5.41, 5.74) is 1.83. The van der Waals surface area contributed by atoms with Gasteiger partial charge in [-0.15, -0.1) is 0 Å². The van der Waals surface area contributed by atoms with Crippen molar-refractivity contribution in [3.8, 4) is 0 Å². The van der Waals surface area contributed by atoms with Crippen molar-refractivity contribution in [2.24, 2.45) is 4.99 Å². The molecule has 0 radical (unpaired) electrons. The fourth-order valence-electron chi connectivity index (χ4n) is 2.42. The molecule has 2 atom stereocenters. The smallest absolute Gasteiger partial charge is 0.260 e. The van der Waals surface area contributed by atoms with Crippen LogP contribution in [0, 0.1) is 0 Å². The molecule has 98 valence electrons. The Bertz CT molecular complexity index is 580. The largest absolute Gasteiger partial charge is 0.273 e. The molecule has 0 N–H and O–H groups in total. The molecule has 1 aromatic rings. The van der Waals surface area contributed by atoms with E-state index in [9.17, 15) is 9.59 Å². The summed E-state index contributed by atoms with van der Waals surface area (Å²) in [6.07, 6.45) is 0.937. The summed E-state index contributed by atoms with van der Waals surface area (Å²) in [6.45, 7) is 3.91. The van der Waals surface area contributed by atoms with Gasteiger partial charge in [0.15, 0.2) is 6.04 Å². The van der Waals surface area contributed by atoms with Crippen LogP contribution in [0.2, 0.25) is 0 Å². The Labute approximate surface area is 115 Å². The summed E-state index contributed by atoms with van der Waals surface area (Å²) >= 11 is 1.39. The van der Waals surface area contributed by atoms with Crippen LogP contribution in [0.5, 0.6) is 0 Å². The van der Waals surface area contributed by atoms with E-state index < -0.39 is 6.04 Å². The molecule has 1 aromatic carbocycles. The number of hydrogen-bond acceptors (Lipinski definition) is 4. The minimum Gasteiger partial charge on any atom is -0.273 e. The second kappa shape index (κ2) is 4.49. The van der Waals surface area contributed by atoms with E-state index in [0.29, 0.717) is 5.69 Å². The summed E-state index contributed by atoms with van der Waals surface area (Å²) in [4.78, 5) is 30.1. The van der Waals surface area contributed by atoms with Gasteiger partial charge in [0.2, 0.25) is 5.91 Å². The molecule has 1 fully saturated rings. The molecule has 0 aliphatic carbocycles. The number of aryl methyl sites for hydroxylation is 1. The topological polar surface area (TPSA) is 49.7 Å². The molecule has 0 spiro atoms. The van der Waals surface area contributed by atoms with Gasteiger partial charge in [0.05, 0.1) is 10.7 Å². The zero-order valence-electron chi connectivity index (χ0n) is 10.8. The summed E-state index contributed by atoms with van der Waals surface area (Å²) in [7, 11) is 0. The molecule has 2 unspecified atom stereocenters. The van der Waals surface area contributed by atoms with E-state index >= 15 is 0 Å². The highest BCUT2D eigenvalue weighted by Crippen LogP contribution is 2.36. The molecule has 0 aromatic heterocycles. The number of carbonyl (C=O) groups excluding carboxylic acids is 2. The third kappa shape index (κ3) is 1.89. The Hall–Kier alpha value is -1.62. The van der Waals surface area contributed by atoms with Crippen molar-refractivity contribution in [1.82, 2.24) is 0 Å². The molecule has 19 heavy (non-hydrogen) atoms. The molecule has 0 saturated carbocycles. The van der Waals surface area contributed by atoms with Gasteiger partial charge in [0, 0.05) is 0 Å². The molecule has 2 amide bonds. The second-order valence-electron chi connectivity index (χ2n) is 4.66. The maximum atomic E-state index is 12.3. The Balaban J connectivity index is 1.93. The van der Waals surface area contributed by atoms with Crippen molar-refractivity contribution >= 4 is 34.3 Å². The number of benzene rings is 1. The number of anilines is 1. The van der Waals surface area contributed by atoms with E-state index in [1.807, 2.05) is 31.2 Å². The monoisotopic (exact) mass is 274 g/mol. The average Bonchev–Trinajstić information content (AvgIpc) is 2.90. The number of amides is 2. The first-order valence-corrected chi connectivity index (χ1v) is 7.17. The van der Waals surface area contributed by atoms with Gasteiger partial charge in [-0.25, -0.2) is 4.90 Å². The number of fused-ring (bicyclic) bond motifs is 1. The third-order valence-electron chi connectivity index (χ3n) is 3.45. The number of rotatable bonds is 2. The van der Waals surface area contributed by atoms with Crippen LogP contribution in [0.4, 0.5) is 5.69 Å². The first-order valence-electron chi connectivity index (χ1n) is 6.29. The van der Waals surface area contributed by atoms with Crippen LogP contribution in [-0.4, -0.2) is 28.1 Å². The van der Waals surface area contributed by atoms with Gasteiger partial charge < -0.3 is 0 Å². The fourth-order valence-corrected chi connectivity index (χ4v) is 3.47. The molecule has 4 nitrogen and oxygen atoms in total. The van der Waals surface area contributed by atoms with Crippen LogP contribution in [0.3, 0.4) is 0 Å². The van der Waals surface area contributed by atoms with Crippen molar-refractivity contribution in [2.75, 3.05) is 4.90 Å². The van der Waals surface area contributed by atoms with Gasteiger partial charge >= 0.3 is 0 Å². The number of aliphatic imine (C=N–C) groups is 1. The van der Waals surface area contributed by atoms with Crippen LogP contribution in [0.25, 0.3) is 0 Å². The first-order chi connectivity index (χ1) is 9.11. The lowest BCUT2D eigenvalue weighted by molar-refractivity contribution is -0.121. The van der Waals surface area contributed by atoms with E-state index in [1.165, 1.54) is 22.2 Å². The maximum absolute atomic E-state index is 12.3. The zero-order chi connectivity index (χ0) is 13.6. The van der Waals surface area contributed by atoms with Crippen molar-refractivity contribution < 1.29 is 9.59 Å². The lowest BCUT2D eigenvalue weighted by Gasteiger charge is -2.15. The van der Waals surface area contributed by atoms with Gasteiger partial charge in [-0.05, 0) is 31.0 Å². The Morgan fingerprint density at radius 3 is 2.47 bits per heavy atom. The Morgan fingerprint density at radius 1 is 1.21 bits per heavy atom. The molecular weight excluding hydrogens is 260 g/mol. The summed E-state index contributed by atoms with van der Waals surface area (Å²) in [6, 6.07) is 7.04. The number of thioether (sulfide) groups is 1. The number of hydrogen-bond donors (Lipinski definition) is 0. The van der Waals surface area contributed by atoms with Crippen LogP contribution in [0.15, 0.2) is 29.3 Å². The molecule has 1 saturated heterocycles. The minimum absolute atomic E-state index is 0.148. The predicted molar refractivity (Wildman–Crippen MR) is 76.6 cm³/mol. The summed E-state index contributed by atoms with van der Waals surface area (Å²) in [5.74, 6) is -0.353. The first kappa shape index (κ1) is 12.4. The molecule has 0 bridgehead atoms. The Morgan fingerprint density at radius 2 is 1.89 bits per heavy atom. The van der Waals surface area contributed by atoms with Crippen molar-refractivity contribution in [1.29, 1.82) is 0 Å². The van der Waals surface area contributed by atoms with Gasteiger partial charge in [-0.2, -0.15) is 0 Å². The van der Waals surface area contributed by atoms with Gasteiger partial charge in [0.1, 0.15) is 5.25 Å². The van der Waals surface area contributed by atoms with Crippen LogP contribution < -0.4 is 4.90 Å². The van der Waals surface area contributed by atoms with Crippen molar-refractivity contribution in [2.45, 2.75) is 31.6 Å². The van der Waals surface area contributed by atoms with Gasteiger partial charge in [-0.3, -0.25) is 14.6 Å². The summed E-state index contributed by atoms with van der Waals surface area (Å²) in [5, 5.41) is 0.455. The standard InChI is InChI=1S/C14H14N2O2S/c1-3-9-4-6-10(7-5-9)16-13(17)11-12(14(16)18)19-8(2)15-11/h4-7,11-12H,3H2,1-2H3. The SMILES string of the molecule is CCc1ccc(N2C(=O)C3N=C(C)SC3C2=O)cc1. The van der Waals surface area contributed by atoms with Crippen LogP contribution in [0.1, 0.15) is 19.4 Å². The maximum Gasteiger partial charge on any atom is 0.260 e. The average molecular weight is 274 g/mol. The third-order valence-corrected chi connectivity index (χ3v) is 4.61. The molecule has 2 heterocycles. The van der Waals surface area contributed by atoms with E-state index in [2.05, 4.69) is 11.9 Å². The Kier molecular flexibility index (Phi) is 2.93. The minimum atomic E-state index is -0.525. The second-order valence-corrected chi connectivity index (χ2v) is 6.00. The van der Waals surface area contributed by atoms with E-state index in [1.54, 1.807) is 0 Å². The highest BCUT2D eigenvalue weighted by atomic mass is 32.2. The molecule has 2 aliphatic heterocycles. The normalized spacial score (nSPS) is 25.8. The van der Waals surface area contributed by atoms with E-state index in [4.69, 9.17) is 0 Å². The van der Waals surface area contributed by atoms with Gasteiger partial charge in [-0.1, -0.05) is 30.8 Å². The van der Waals surface area contributed by atoms with Crippen LogP contribution >= 0.6 is 11.8 Å². The predicted octanol–water partition coefficient (Wildman–Crippen LogP) is 2.02. The lowest BCUT2D eigenvalue weighted by Crippen LogP contribution is -2.32. The lowest BCUT2D eigenvalue weighted by atomic mass is 10.1. The summed E-state index contributed by atoms with van der Waals surface area (Å²) < 4.78 is 0. The van der Waals surface area contributed by atoms with Crippen LogP contribution in [-0.2, 0) is 16.0 Å². The number of nitrogens with zero attached hydrogens (tertiary/aromatic N) is 2. The fraction of sp³-hybridized carbons (Fsp3) is 0.357. The van der Waals surface area contributed by atoms with E-state index in [0.717, 1.165) is 11.5 Å². The van der Waals surface area contributed by atoms with Gasteiger partial charge in [0.25, 0.3) is 5.91 Å². The number of carbonyl (C=O) groups is 2. The molecular formula is C14H14N2O2S. The number of imide groups is 1. The molecule has 3 rings (SSSR count). The van der Waals surface area contributed by atoms with Crippen molar-refractivity contribution in [3.05, 3.63) is 29.8 Å². The quantitative estimate of drug-likeness (QED) is 0.775. The van der Waals surface area contributed by atoms with Crippen molar-refractivity contribution in [3.63, 3.8) is 0 Å². The zero-order valence-corrected chi connectivity index (χ0v) is 11.6. The van der Waals surface area contributed by atoms with E-state index in [-0.39, 0.29) is 17.1 Å². The highest BCUT2D eigenvalue weighted by molar-refractivity contribution is 8.15. The molecule has 2 aliphatic rings. The highest BCUT2D eigenvalue weighted by Gasteiger charge is 2.51.